The molecule has 0 fully saturated rings. The molecule has 0 saturated carbocycles. The Bertz CT molecular complexity index is 1500. The van der Waals surface area contributed by atoms with Crippen LogP contribution in [0.25, 0.3) is 16.6 Å². The molecule has 2 aromatic heterocycles. The Morgan fingerprint density at radius 1 is 1.17 bits per heavy atom. The van der Waals surface area contributed by atoms with Crippen molar-refractivity contribution in [2.45, 2.75) is 40.0 Å². The van der Waals surface area contributed by atoms with Gasteiger partial charge in [0.1, 0.15) is 5.82 Å². The first-order valence-electron chi connectivity index (χ1n) is 11.5. The molecule has 0 aliphatic carbocycles. The molecule has 0 radical (unpaired) electrons. The molecule has 8 heteroatoms. The van der Waals surface area contributed by atoms with Gasteiger partial charge in [-0.05, 0) is 62.7 Å². The van der Waals surface area contributed by atoms with Crippen LogP contribution >= 0.6 is 15.9 Å². The highest BCUT2D eigenvalue weighted by Gasteiger charge is 2.14. The Hall–Kier alpha value is -3.52. The number of esters is 1. The summed E-state index contributed by atoms with van der Waals surface area (Å²) in [5.41, 5.74) is 4.58. The second-order valence-electron chi connectivity index (χ2n) is 8.36. The number of aromatic nitrogens is 3. The molecule has 0 aliphatic heterocycles. The molecular weight excluding hydrogens is 508 g/mol. The second kappa shape index (κ2) is 10.4. The van der Waals surface area contributed by atoms with Crippen LogP contribution in [0.3, 0.4) is 0 Å². The number of halogens is 1. The van der Waals surface area contributed by atoms with Gasteiger partial charge in [-0.25, -0.2) is 9.78 Å². The molecule has 7 nitrogen and oxygen atoms in total. The summed E-state index contributed by atoms with van der Waals surface area (Å²) in [5, 5.41) is 5.11. The van der Waals surface area contributed by atoms with Crippen LogP contribution in [0.15, 0.2) is 62.9 Å². The van der Waals surface area contributed by atoms with Crippen LogP contribution in [0.2, 0.25) is 0 Å². The summed E-state index contributed by atoms with van der Waals surface area (Å²) in [6.45, 7) is 6.08. The van der Waals surface area contributed by atoms with Crippen molar-refractivity contribution in [3.63, 3.8) is 0 Å². The van der Waals surface area contributed by atoms with Gasteiger partial charge >= 0.3 is 5.97 Å². The van der Waals surface area contributed by atoms with E-state index in [4.69, 9.17) is 9.72 Å². The predicted molar refractivity (Wildman–Crippen MR) is 142 cm³/mol. The Balaban J connectivity index is 1.78. The van der Waals surface area contributed by atoms with E-state index in [0.29, 0.717) is 28.7 Å². The lowest BCUT2D eigenvalue weighted by atomic mass is 10.2. The van der Waals surface area contributed by atoms with Gasteiger partial charge in [0, 0.05) is 33.5 Å². The van der Waals surface area contributed by atoms with Crippen LogP contribution < -0.4 is 5.56 Å². The fraction of sp³-hybridized carbons (Fsp3) is 0.259. The van der Waals surface area contributed by atoms with E-state index in [1.165, 1.54) is 11.8 Å². The minimum Gasteiger partial charge on any atom is -0.465 e. The molecule has 0 N–H and O–H groups in total. The monoisotopic (exact) mass is 534 g/mol. The van der Waals surface area contributed by atoms with Gasteiger partial charge in [-0.3, -0.25) is 4.79 Å². The first-order chi connectivity index (χ1) is 16.8. The van der Waals surface area contributed by atoms with Gasteiger partial charge < -0.3 is 9.30 Å². The molecule has 35 heavy (non-hydrogen) atoms. The zero-order valence-electron chi connectivity index (χ0n) is 20.2. The number of rotatable bonds is 7. The molecule has 180 valence electrons. The summed E-state index contributed by atoms with van der Waals surface area (Å²) < 4.78 is 9.13. The average molecular weight is 535 g/mol. The molecule has 0 atom stereocenters. The van der Waals surface area contributed by atoms with E-state index in [-0.39, 0.29) is 11.5 Å². The number of hydrogen-bond acceptors (Lipinski definition) is 5. The fourth-order valence-electron chi connectivity index (χ4n) is 4.14. The maximum absolute atomic E-state index is 13.3. The lowest BCUT2D eigenvalue weighted by molar-refractivity contribution is 0.0600. The Morgan fingerprint density at radius 3 is 2.71 bits per heavy atom. The quantitative estimate of drug-likeness (QED) is 0.229. The maximum atomic E-state index is 13.3. The third kappa shape index (κ3) is 4.98. The van der Waals surface area contributed by atoms with Crippen LogP contribution in [0.5, 0.6) is 0 Å². The number of fused-ring (bicyclic) bond motifs is 1. The zero-order chi connectivity index (χ0) is 25.1. The number of unbranched alkanes of at least 4 members (excludes halogenated alkanes) is 1. The lowest BCUT2D eigenvalue weighted by Crippen LogP contribution is -2.22. The van der Waals surface area contributed by atoms with Gasteiger partial charge in [-0.2, -0.15) is 9.78 Å². The van der Waals surface area contributed by atoms with E-state index in [0.717, 1.165) is 40.0 Å². The highest BCUT2D eigenvalue weighted by molar-refractivity contribution is 9.10. The number of hydrogen-bond donors (Lipinski definition) is 0. The summed E-state index contributed by atoms with van der Waals surface area (Å²) in [6, 6.07) is 14.8. The summed E-state index contributed by atoms with van der Waals surface area (Å²) in [6.07, 6.45) is 4.26. The standard InChI is InChI=1S/C27H27BrN4O3/c1-5-6-10-25-30-24-12-11-21(28)15-23(24)26(33)32(25)29-16-20-13-17(2)31(18(20)3)22-9-7-8-19(14-22)27(34)35-4/h7-9,11-16H,5-6,10H2,1-4H3. The van der Waals surface area contributed by atoms with Gasteiger partial charge in [0.2, 0.25) is 0 Å². The molecular formula is C27H27BrN4O3. The molecule has 0 bridgehead atoms. The zero-order valence-corrected chi connectivity index (χ0v) is 21.8. The number of methoxy groups -OCH3 is 1. The summed E-state index contributed by atoms with van der Waals surface area (Å²) in [5.74, 6) is 0.257. The highest BCUT2D eigenvalue weighted by Crippen LogP contribution is 2.21. The topological polar surface area (TPSA) is 78.5 Å². The molecule has 2 heterocycles. The van der Waals surface area contributed by atoms with E-state index in [9.17, 15) is 9.59 Å². The lowest BCUT2D eigenvalue weighted by Gasteiger charge is -2.11. The molecule has 0 amide bonds. The van der Waals surface area contributed by atoms with E-state index in [2.05, 4.69) is 28.0 Å². The maximum Gasteiger partial charge on any atom is 0.337 e. The van der Waals surface area contributed by atoms with E-state index in [1.807, 2.05) is 48.7 Å². The van der Waals surface area contributed by atoms with Crippen LogP contribution in [0.1, 0.15) is 52.9 Å². The number of aryl methyl sites for hydroxylation is 2. The van der Waals surface area contributed by atoms with E-state index >= 15 is 0 Å². The highest BCUT2D eigenvalue weighted by atomic mass is 79.9. The molecule has 4 aromatic rings. The fourth-order valence-corrected chi connectivity index (χ4v) is 4.50. The number of benzene rings is 2. The number of carbonyl (C=O) groups excluding carboxylic acids is 1. The molecule has 0 spiro atoms. The number of nitrogens with zero attached hydrogens (tertiary/aromatic N) is 4. The first kappa shape index (κ1) is 24.6. The average Bonchev–Trinajstić information content (AvgIpc) is 3.14. The van der Waals surface area contributed by atoms with Gasteiger partial charge in [0.25, 0.3) is 5.56 Å². The van der Waals surface area contributed by atoms with Crippen molar-refractivity contribution in [3.8, 4) is 5.69 Å². The summed E-state index contributed by atoms with van der Waals surface area (Å²) in [7, 11) is 1.37. The van der Waals surface area contributed by atoms with Crippen molar-refractivity contribution in [1.29, 1.82) is 0 Å². The molecule has 2 aromatic carbocycles. The van der Waals surface area contributed by atoms with Crippen LogP contribution in [-0.4, -0.2) is 33.5 Å². The van der Waals surface area contributed by atoms with Crippen molar-refractivity contribution in [1.82, 2.24) is 14.2 Å². The van der Waals surface area contributed by atoms with E-state index < -0.39 is 0 Å². The van der Waals surface area contributed by atoms with E-state index in [1.54, 1.807) is 24.4 Å². The van der Waals surface area contributed by atoms with Crippen LogP contribution in [-0.2, 0) is 11.2 Å². The van der Waals surface area contributed by atoms with Crippen molar-refractivity contribution in [2.75, 3.05) is 7.11 Å². The third-order valence-electron chi connectivity index (χ3n) is 5.94. The second-order valence-corrected chi connectivity index (χ2v) is 9.27. The minimum absolute atomic E-state index is 0.196. The SMILES string of the molecule is CCCCc1nc2ccc(Br)cc2c(=O)n1N=Cc1cc(C)n(-c2cccc(C(=O)OC)c2)c1C. The van der Waals surface area contributed by atoms with Gasteiger partial charge in [0.05, 0.1) is 29.8 Å². The van der Waals surface area contributed by atoms with Gasteiger partial charge in [-0.15, -0.1) is 0 Å². The molecule has 0 saturated heterocycles. The molecule has 4 rings (SSSR count). The molecule has 0 unspecified atom stereocenters. The van der Waals surface area contributed by atoms with Crippen LogP contribution in [0.4, 0.5) is 0 Å². The predicted octanol–water partition coefficient (Wildman–Crippen LogP) is 5.58. The largest absolute Gasteiger partial charge is 0.465 e. The third-order valence-corrected chi connectivity index (χ3v) is 6.43. The number of ether oxygens (including phenoxy) is 1. The van der Waals surface area contributed by atoms with Crippen molar-refractivity contribution in [2.24, 2.45) is 5.10 Å². The Kier molecular flexibility index (Phi) is 7.31. The van der Waals surface area contributed by atoms with Crippen molar-refractivity contribution >= 4 is 39.0 Å². The summed E-state index contributed by atoms with van der Waals surface area (Å²) in [4.78, 5) is 30.1. The van der Waals surface area contributed by atoms with Crippen molar-refractivity contribution in [3.05, 3.63) is 91.7 Å². The Morgan fingerprint density at radius 2 is 1.97 bits per heavy atom. The first-order valence-corrected chi connectivity index (χ1v) is 12.3. The molecule has 0 aliphatic rings. The Labute approximate surface area is 212 Å². The minimum atomic E-state index is -0.384. The van der Waals surface area contributed by atoms with Gasteiger partial charge in [-0.1, -0.05) is 35.3 Å². The smallest absolute Gasteiger partial charge is 0.337 e. The van der Waals surface area contributed by atoms with Crippen molar-refractivity contribution < 1.29 is 9.53 Å². The normalized spacial score (nSPS) is 11.5. The summed E-state index contributed by atoms with van der Waals surface area (Å²) >= 11 is 3.44. The van der Waals surface area contributed by atoms with Gasteiger partial charge in [0.15, 0.2) is 0 Å². The number of carbonyl (C=O) groups is 1. The van der Waals surface area contributed by atoms with Crippen LogP contribution in [0, 0.1) is 13.8 Å².